The van der Waals surface area contributed by atoms with E-state index in [2.05, 4.69) is 0 Å². The first-order valence-corrected chi connectivity index (χ1v) is 7.42. The Labute approximate surface area is 140 Å². The quantitative estimate of drug-likeness (QED) is 0.657. The van der Waals surface area contributed by atoms with E-state index in [-0.39, 0.29) is 11.3 Å². The standard InChI is InChI=1S/C15H15F3N2O5/c1-2-8-3-4-9(5-12(8)20(24)25)13(21)19-6-10(14(22)23)11(7-19)15(16,17)18/h3-5,10-11H,2,6-7H2,1H3,(H,22,23)/t10-,11-/m1/s1. The lowest BCUT2D eigenvalue weighted by atomic mass is 9.96. The SMILES string of the molecule is CCc1ccc(C(=O)N2C[C@@H](C(F)(F)F)[C@H](C(=O)O)C2)cc1[N+](=O)[O-]. The number of carboxylic acid groups (broad SMARTS) is 1. The molecule has 2 rings (SSSR count). The Hall–Kier alpha value is -2.65. The smallest absolute Gasteiger partial charge is 0.394 e. The van der Waals surface area contributed by atoms with Crippen LogP contribution in [0, 0.1) is 22.0 Å². The summed E-state index contributed by atoms with van der Waals surface area (Å²) in [5, 5.41) is 20.0. The number of benzene rings is 1. The van der Waals surface area contributed by atoms with Gasteiger partial charge in [0.2, 0.25) is 0 Å². The van der Waals surface area contributed by atoms with Crippen molar-refractivity contribution in [2.45, 2.75) is 19.5 Å². The first kappa shape index (κ1) is 18.7. The minimum Gasteiger partial charge on any atom is -0.481 e. The van der Waals surface area contributed by atoms with E-state index in [0.29, 0.717) is 12.0 Å². The van der Waals surface area contributed by atoms with Gasteiger partial charge in [-0.1, -0.05) is 13.0 Å². The number of alkyl halides is 3. The number of carboxylic acids is 1. The van der Waals surface area contributed by atoms with E-state index in [0.717, 1.165) is 11.0 Å². The number of rotatable bonds is 4. The van der Waals surface area contributed by atoms with Gasteiger partial charge in [-0.3, -0.25) is 19.7 Å². The van der Waals surface area contributed by atoms with Crippen molar-refractivity contribution in [1.29, 1.82) is 0 Å². The molecule has 0 saturated carbocycles. The maximum Gasteiger partial charge on any atom is 0.394 e. The first-order valence-electron chi connectivity index (χ1n) is 7.42. The van der Waals surface area contributed by atoms with E-state index in [4.69, 9.17) is 5.11 Å². The zero-order valence-corrected chi connectivity index (χ0v) is 13.1. The van der Waals surface area contributed by atoms with Gasteiger partial charge in [0, 0.05) is 30.3 Å². The van der Waals surface area contributed by atoms with Crippen LogP contribution in [-0.2, 0) is 11.2 Å². The summed E-state index contributed by atoms with van der Waals surface area (Å²) in [6, 6.07) is 3.68. The second kappa shape index (κ2) is 6.69. The Morgan fingerprint density at radius 2 is 2.00 bits per heavy atom. The molecule has 7 nitrogen and oxygen atoms in total. The Morgan fingerprint density at radius 1 is 1.36 bits per heavy atom. The van der Waals surface area contributed by atoms with Crippen LogP contribution in [-0.4, -0.2) is 46.1 Å². The monoisotopic (exact) mass is 360 g/mol. The van der Waals surface area contributed by atoms with E-state index < -0.39 is 47.9 Å². The Balaban J connectivity index is 2.31. The highest BCUT2D eigenvalue weighted by atomic mass is 19.4. The van der Waals surface area contributed by atoms with E-state index in [1.807, 2.05) is 0 Å². The summed E-state index contributed by atoms with van der Waals surface area (Å²) in [6.45, 7) is 0.306. The maximum atomic E-state index is 13.0. The second-order valence-electron chi connectivity index (χ2n) is 5.76. The first-order chi connectivity index (χ1) is 11.6. The molecule has 1 fully saturated rings. The predicted octanol–water partition coefficient (Wildman–Crippen LogP) is 2.49. The summed E-state index contributed by atoms with van der Waals surface area (Å²) >= 11 is 0. The Kier molecular flexibility index (Phi) is 5.00. The summed E-state index contributed by atoms with van der Waals surface area (Å²) in [7, 11) is 0. The molecule has 1 aromatic rings. The van der Waals surface area contributed by atoms with Crippen LogP contribution >= 0.6 is 0 Å². The third-order valence-electron chi connectivity index (χ3n) is 4.25. The molecular formula is C15H15F3N2O5. The number of aliphatic carboxylic acids is 1. The fraction of sp³-hybridized carbons (Fsp3) is 0.467. The van der Waals surface area contributed by atoms with Gasteiger partial charge in [-0.05, 0) is 12.5 Å². The molecule has 0 aromatic heterocycles. The van der Waals surface area contributed by atoms with Crippen LogP contribution in [0.25, 0.3) is 0 Å². The highest BCUT2D eigenvalue weighted by Crippen LogP contribution is 2.38. The minimum atomic E-state index is -4.75. The van der Waals surface area contributed by atoms with Crippen molar-refractivity contribution in [1.82, 2.24) is 4.90 Å². The summed E-state index contributed by atoms with van der Waals surface area (Å²) in [4.78, 5) is 34.6. The molecule has 0 bridgehead atoms. The number of halogens is 3. The van der Waals surface area contributed by atoms with Gasteiger partial charge in [-0.2, -0.15) is 13.2 Å². The summed E-state index contributed by atoms with van der Waals surface area (Å²) in [5.41, 5.74) is -0.0508. The van der Waals surface area contributed by atoms with Crippen molar-refractivity contribution in [3.63, 3.8) is 0 Å². The Bertz CT molecular complexity index is 720. The summed E-state index contributed by atoms with van der Waals surface area (Å²) in [5.74, 6) is -6.42. The molecular weight excluding hydrogens is 345 g/mol. The number of hydrogen-bond donors (Lipinski definition) is 1. The number of nitro groups is 1. The van der Waals surface area contributed by atoms with Crippen molar-refractivity contribution < 1.29 is 32.8 Å². The second-order valence-corrected chi connectivity index (χ2v) is 5.76. The number of carbonyl (C=O) groups excluding carboxylic acids is 1. The lowest BCUT2D eigenvalue weighted by molar-refractivity contribution is -0.385. The van der Waals surface area contributed by atoms with E-state index >= 15 is 0 Å². The van der Waals surface area contributed by atoms with Crippen LogP contribution in [0.3, 0.4) is 0 Å². The van der Waals surface area contributed by atoms with Crippen molar-refractivity contribution in [2.24, 2.45) is 11.8 Å². The predicted molar refractivity (Wildman–Crippen MR) is 79.0 cm³/mol. The molecule has 1 aromatic carbocycles. The highest BCUT2D eigenvalue weighted by Gasteiger charge is 2.53. The topological polar surface area (TPSA) is 101 Å². The van der Waals surface area contributed by atoms with Crippen LogP contribution in [0.2, 0.25) is 0 Å². The van der Waals surface area contributed by atoms with Crippen molar-refractivity contribution in [3.8, 4) is 0 Å². The van der Waals surface area contributed by atoms with Gasteiger partial charge in [0.25, 0.3) is 11.6 Å². The minimum absolute atomic E-state index is 0.143. The molecule has 1 N–H and O–H groups in total. The van der Waals surface area contributed by atoms with Gasteiger partial charge in [-0.15, -0.1) is 0 Å². The fourth-order valence-electron chi connectivity index (χ4n) is 2.90. The van der Waals surface area contributed by atoms with Crippen LogP contribution in [0.5, 0.6) is 0 Å². The van der Waals surface area contributed by atoms with Crippen LogP contribution in [0.1, 0.15) is 22.8 Å². The third kappa shape index (κ3) is 3.72. The van der Waals surface area contributed by atoms with Crippen molar-refractivity contribution in [2.75, 3.05) is 13.1 Å². The average molecular weight is 360 g/mol. The van der Waals surface area contributed by atoms with Gasteiger partial charge >= 0.3 is 12.1 Å². The summed E-state index contributed by atoms with van der Waals surface area (Å²) in [6.07, 6.45) is -4.40. The largest absolute Gasteiger partial charge is 0.481 e. The number of nitro benzene ring substituents is 1. The molecule has 0 radical (unpaired) electrons. The zero-order chi connectivity index (χ0) is 18.9. The molecule has 25 heavy (non-hydrogen) atoms. The van der Waals surface area contributed by atoms with Gasteiger partial charge in [0.1, 0.15) is 0 Å². The lowest BCUT2D eigenvalue weighted by Crippen LogP contribution is -2.34. The normalized spacial score (nSPS) is 20.6. The Morgan fingerprint density at radius 3 is 2.44 bits per heavy atom. The molecule has 0 spiro atoms. The number of aryl methyl sites for hydroxylation is 1. The molecule has 2 atom stereocenters. The third-order valence-corrected chi connectivity index (χ3v) is 4.25. The molecule has 1 saturated heterocycles. The molecule has 136 valence electrons. The van der Waals surface area contributed by atoms with E-state index in [9.17, 15) is 32.9 Å². The molecule has 0 aliphatic carbocycles. The van der Waals surface area contributed by atoms with Crippen LogP contribution in [0.15, 0.2) is 18.2 Å². The fourth-order valence-corrected chi connectivity index (χ4v) is 2.90. The van der Waals surface area contributed by atoms with Gasteiger partial charge < -0.3 is 10.0 Å². The van der Waals surface area contributed by atoms with Crippen LogP contribution < -0.4 is 0 Å². The number of nitrogens with zero attached hydrogens (tertiary/aromatic N) is 2. The van der Waals surface area contributed by atoms with Gasteiger partial charge in [-0.25, -0.2) is 0 Å². The average Bonchev–Trinajstić information content (AvgIpc) is 2.99. The molecule has 0 unspecified atom stereocenters. The number of likely N-dealkylation sites (tertiary alicyclic amines) is 1. The summed E-state index contributed by atoms with van der Waals surface area (Å²) < 4.78 is 39.0. The van der Waals surface area contributed by atoms with E-state index in [1.54, 1.807) is 6.92 Å². The molecule has 1 aliphatic heterocycles. The van der Waals surface area contributed by atoms with Gasteiger partial charge in [0.15, 0.2) is 0 Å². The number of carbonyl (C=O) groups is 2. The molecule has 1 aliphatic rings. The van der Waals surface area contributed by atoms with Crippen LogP contribution in [0.4, 0.5) is 18.9 Å². The highest BCUT2D eigenvalue weighted by molar-refractivity contribution is 5.95. The number of amides is 1. The molecule has 1 heterocycles. The van der Waals surface area contributed by atoms with Crippen molar-refractivity contribution >= 4 is 17.6 Å². The number of hydrogen-bond acceptors (Lipinski definition) is 4. The van der Waals surface area contributed by atoms with Crippen molar-refractivity contribution in [3.05, 3.63) is 39.4 Å². The molecule has 1 amide bonds. The lowest BCUT2D eigenvalue weighted by Gasteiger charge is -2.18. The van der Waals surface area contributed by atoms with Gasteiger partial charge in [0.05, 0.1) is 16.8 Å². The maximum absolute atomic E-state index is 13.0. The van der Waals surface area contributed by atoms with E-state index in [1.165, 1.54) is 12.1 Å². The zero-order valence-electron chi connectivity index (χ0n) is 13.1. The molecule has 10 heteroatoms.